The van der Waals surface area contributed by atoms with Gasteiger partial charge in [-0.1, -0.05) is 25.2 Å². The van der Waals surface area contributed by atoms with Crippen LogP contribution >= 0.6 is 18.8 Å². The van der Waals surface area contributed by atoms with Crippen LogP contribution < -0.4 is 10.6 Å². The van der Waals surface area contributed by atoms with Gasteiger partial charge in [-0.25, -0.2) is 4.20 Å². The third kappa shape index (κ3) is 14.9. The summed E-state index contributed by atoms with van der Waals surface area (Å²) in [4.78, 5) is 34.3. The second kappa shape index (κ2) is 14.9. The van der Waals surface area contributed by atoms with Crippen LogP contribution in [0.4, 0.5) is 4.20 Å². The number of hydrogen-bond donors (Lipinski definition) is 4. The van der Waals surface area contributed by atoms with Gasteiger partial charge in [0.1, 0.15) is 0 Å². The lowest BCUT2D eigenvalue weighted by Crippen LogP contribution is -2.33. The van der Waals surface area contributed by atoms with E-state index in [0.29, 0.717) is 13.2 Å². The summed E-state index contributed by atoms with van der Waals surface area (Å²) in [6, 6.07) is 0. The Balaban J connectivity index is 3.77. The molecule has 0 aromatic heterocycles. The summed E-state index contributed by atoms with van der Waals surface area (Å²) < 4.78 is 24.5. The Hall–Kier alpha value is -1.00. The van der Waals surface area contributed by atoms with Crippen molar-refractivity contribution in [3.8, 4) is 0 Å². The number of carboxylic acid groups (broad SMARTS) is 1. The quantitative estimate of drug-likeness (QED) is 0.184. The molecule has 0 bridgehead atoms. The third-order valence-corrected chi connectivity index (χ3v) is 6.53. The number of rotatable bonds is 17. The highest BCUT2D eigenvalue weighted by Crippen LogP contribution is 2.50. The van der Waals surface area contributed by atoms with E-state index in [-0.39, 0.29) is 56.1 Å². The van der Waals surface area contributed by atoms with Crippen LogP contribution in [0.5, 0.6) is 0 Å². The van der Waals surface area contributed by atoms with Crippen LogP contribution in [0.3, 0.4) is 0 Å². The van der Waals surface area contributed by atoms with Gasteiger partial charge in [-0.15, -0.1) is 0 Å². The van der Waals surface area contributed by atoms with E-state index in [1.165, 1.54) is 13.8 Å². The fraction of sp³-hybridized carbons (Fsp3) is 0.833. The first-order valence-corrected chi connectivity index (χ1v) is 12.5. The van der Waals surface area contributed by atoms with Crippen molar-refractivity contribution in [1.29, 1.82) is 0 Å². The van der Waals surface area contributed by atoms with Gasteiger partial charge in [-0.2, -0.15) is 0 Å². The topological polar surface area (TPSA) is 134 Å². The molecule has 0 saturated heterocycles. The molecule has 0 aliphatic carbocycles. The van der Waals surface area contributed by atoms with Gasteiger partial charge in [0.15, 0.2) is 7.43 Å². The normalized spacial score (nSPS) is 13.0. The van der Waals surface area contributed by atoms with E-state index in [1.54, 1.807) is 0 Å². The molecular weight excluding hydrogens is 438 g/mol. The molecule has 1 unspecified atom stereocenters. The number of carboxylic acids is 1. The van der Waals surface area contributed by atoms with E-state index >= 15 is 0 Å². The fourth-order valence-electron chi connectivity index (χ4n) is 1.70. The predicted octanol–water partition coefficient (Wildman–Crippen LogP) is 1.40. The average Bonchev–Trinajstić information content (AvgIpc) is 2.65. The summed E-state index contributed by atoms with van der Waals surface area (Å²) in [5, 5.41) is 23.2. The SMILES string of the molecule is CC(C)(CO)COCCNC(=O)CSP(F)CC(=O)NCCOCC(C)(C)C(=O)O. The van der Waals surface area contributed by atoms with Crippen molar-refractivity contribution in [1.82, 2.24) is 10.6 Å². The Morgan fingerprint density at radius 2 is 1.53 bits per heavy atom. The van der Waals surface area contributed by atoms with Crippen LogP contribution in [0.15, 0.2) is 0 Å². The molecule has 0 aromatic carbocycles. The average molecular weight is 473 g/mol. The van der Waals surface area contributed by atoms with E-state index in [9.17, 15) is 18.6 Å². The van der Waals surface area contributed by atoms with Gasteiger partial charge in [0.05, 0.1) is 50.4 Å². The van der Waals surface area contributed by atoms with Gasteiger partial charge in [0.25, 0.3) is 0 Å². The predicted molar refractivity (Wildman–Crippen MR) is 115 cm³/mol. The van der Waals surface area contributed by atoms with Crippen molar-refractivity contribution in [3.63, 3.8) is 0 Å². The number of nitrogens with one attached hydrogen (secondary N) is 2. The van der Waals surface area contributed by atoms with Gasteiger partial charge >= 0.3 is 5.97 Å². The lowest BCUT2D eigenvalue weighted by molar-refractivity contribution is -0.150. The minimum atomic E-state index is -2.18. The zero-order valence-corrected chi connectivity index (χ0v) is 19.7. The maximum absolute atomic E-state index is 13.9. The van der Waals surface area contributed by atoms with Gasteiger partial charge in [-0.3, -0.25) is 14.4 Å². The van der Waals surface area contributed by atoms with Crippen molar-refractivity contribution in [3.05, 3.63) is 0 Å². The molecule has 0 heterocycles. The molecule has 0 fully saturated rings. The zero-order valence-electron chi connectivity index (χ0n) is 18.0. The molecule has 0 radical (unpaired) electrons. The van der Waals surface area contributed by atoms with Crippen LogP contribution in [-0.2, 0) is 23.9 Å². The zero-order chi connectivity index (χ0) is 23.2. The lowest BCUT2D eigenvalue weighted by Gasteiger charge is -2.21. The molecule has 0 aromatic rings. The maximum Gasteiger partial charge on any atom is 0.311 e. The summed E-state index contributed by atoms with van der Waals surface area (Å²) in [7, 11) is -2.18. The number of ether oxygens (including phenoxy) is 2. The number of halogens is 1. The molecule has 4 N–H and O–H groups in total. The first-order chi connectivity index (χ1) is 13.9. The van der Waals surface area contributed by atoms with Crippen LogP contribution in [-0.4, -0.2) is 86.0 Å². The molecule has 2 amide bonds. The Bertz CT molecular complexity index is 553. The first-order valence-electron chi connectivity index (χ1n) is 9.49. The highest BCUT2D eigenvalue weighted by Gasteiger charge is 2.27. The summed E-state index contributed by atoms with van der Waals surface area (Å²) >= 11 is 0.790. The second-order valence-electron chi connectivity index (χ2n) is 8.07. The van der Waals surface area contributed by atoms with Crippen LogP contribution in [0.2, 0.25) is 0 Å². The van der Waals surface area contributed by atoms with Crippen LogP contribution in [0.1, 0.15) is 27.7 Å². The Kier molecular flexibility index (Phi) is 14.4. The Labute approximate surface area is 182 Å². The molecule has 12 heteroatoms. The number of aliphatic hydroxyl groups is 1. The number of amides is 2. The Morgan fingerprint density at radius 3 is 2.07 bits per heavy atom. The van der Waals surface area contributed by atoms with Crippen LogP contribution in [0, 0.1) is 10.8 Å². The van der Waals surface area contributed by atoms with E-state index < -0.39 is 24.7 Å². The van der Waals surface area contributed by atoms with Gasteiger partial charge in [-0.05, 0) is 13.8 Å². The fourth-order valence-corrected chi connectivity index (χ4v) is 3.89. The monoisotopic (exact) mass is 472 g/mol. The minimum Gasteiger partial charge on any atom is -0.481 e. The number of aliphatic carboxylic acids is 1. The largest absolute Gasteiger partial charge is 0.481 e. The van der Waals surface area contributed by atoms with E-state index in [1.807, 2.05) is 13.8 Å². The second-order valence-corrected chi connectivity index (χ2v) is 11.5. The maximum atomic E-state index is 13.9. The molecule has 176 valence electrons. The highest BCUT2D eigenvalue weighted by atomic mass is 32.7. The number of carbonyl (C=O) groups excluding carboxylic acids is 2. The van der Waals surface area contributed by atoms with Gasteiger partial charge in [0, 0.05) is 18.5 Å². The van der Waals surface area contributed by atoms with Crippen molar-refractivity contribution in [2.75, 3.05) is 58.0 Å². The van der Waals surface area contributed by atoms with E-state index in [2.05, 4.69) is 10.6 Å². The smallest absolute Gasteiger partial charge is 0.311 e. The van der Waals surface area contributed by atoms with Gasteiger partial charge < -0.3 is 30.3 Å². The van der Waals surface area contributed by atoms with E-state index in [4.69, 9.17) is 19.7 Å². The first kappa shape index (κ1) is 29.0. The summed E-state index contributed by atoms with van der Waals surface area (Å²) in [5.41, 5.74) is -1.36. The lowest BCUT2D eigenvalue weighted by atomic mass is 9.95. The molecule has 0 aliphatic heterocycles. The van der Waals surface area contributed by atoms with Gasteiger partial charge in [0.2, 0.25) is 11.8 Å². The summed E-state index contributed by atoms with van der Waals surface area (Å²) in [5.74, 6) is -1.90. The molecule has 9 nitrogen and oxygen atoms in total. The van der Waals surface area contributed by atoms with Crippen molar-refractivity contribution in [2.45, 2.75) is 27.7 Å². The number of carbonyl (C=O) groups is 3. The third-order valence-electron chi connectivity index (χ3n) is 3.70. The molecule has 30 heavy (non-hydrogen) atoms. The number of hydrogen-bond acceptors (Lipinski definition) is 7. The molecule has 0 rings (SSSR count). The van der Waals surface area contributed by atoms with E-state index in [0.717, 1.165) is 11.4 Å². The number of aliphatic hydroxyl groups excluding tert-OH is 1. The molecule has 0 saturated carbocycles. The molecule has 0 aliphatic rings. The van der Waals surface area contributed by atoms with Crippen molar-refractivity contribution in [2.24, 2.45) is 10.8 Å². The van der Waals surface area contributed by atoms with Crippen LogP contribution in [0.25, 0.3) is 0 Å². The van der Waals surface area contributed by atoms with Crippen molar-refractivity contribution >= 4 is 36.6 Å². The standard InChI is InChI=1S/C18H34FN2O7PS/c1-17(2,11-22)12-27-7-6-21-15(24)10-30-29(19)9-14(23)20-5-8-28-13-18(3,4)16(25)26/h22H,5-13H2,1-4H3,(H,20,23)(H,21,24)(H,25,26). The molecular formula is C18H34FN2O7PS. The van der Waals surface area contributed by atoms with Crippen molar-refractivity contribution < 1.29 is 38.3 Å². The summed E-state index contributed by atoms with van der Waals surface area (Å²) in [6.07, 6.45) is -0.326. The highest BCUT2D eigenvalue weighted by molar-refractivity contribution is 8.54. The molecule has 1 atom stereocenters. The molecule has 0 spiro atoms. The Morgan fingerprint density at radius 1 is 1.00 bits per heavy atom. The summed E-state index contributed by atoms with van der Waals surface area (Å²) in [6.45, 7) is 7.98. The minimum absolute atomic E-state index is 0.000447.